The monoisotopic (exact) mass is 268 g/mol. The number of nitro groups is 1. The first kappa shape index (κ1) is 13.9. The van der Waals surface area contributed by atoms with E-state index in [2.05, 4.69) is 21.6 Å². The number of aromatic nitrogens is 1. The molecular formula is C11H9ClN2O4. The van der Waals surface area contributed by atoms with E-state index in [0.717, 1.165) is 0 Å². The van der Waals surface area contributed by atoms with Crippen LogP contribution in [0.2, 0.25) is 5.15 Å². The van der Waals surface area contributed by atoms with Crippen LogP contribution >= 0.6 is 11.6 Å². The first-order chi connectivity index (χ1) is 8.45. The summed E-state index contributed by atoms with van der Waals surface area (Å²) in [5, 5.41) is 10.5. The maximum atomic E-state index is 10.8. The molecule has 0 saturated heterocycles. The molecule has 0 bridgehead atoms. The number of methoxy groups -OCH3 is 1. The SMILES string of the molecule is COC(=O)CC#Cc1cc([N+](=O)[O-])c(Cl)nc1C. The molecular weight excluding hydrogens is 260 g/mol. The molecule has 0 spiro atoms. The highest BCUT2D eigenvalue weighted by Crippen LogP contribution is 2.24. The van der Waals surface area contributed by atoms with Gasteiger partial charge in [-0.25, -0.2) is 4.98 Å². The minimum Gasteiger partial charge on any atom is -0.468 e. The van der Waals surface area contributed by atoms with Crippen LogP contribution in [-0.2, 0) is 9.53 Å². The molecule has 1 rings (SSSR count). The Labute approximate surface area is 108 Å². The summed E-state index contributed by atoms with van der Waals surface area (Å²) in [7, 11) is 1.25. The van der Waals surface area contributed by atoms with E-state index >= 15 is 0 Å². The number of nitrogens with zero attached hydrogens (tertiary/aromatic N) is 2. The third kappa shape index (κ3) is 3.43. The fourth-order valence-corrected chi connectivity index (χ4v) is 1.35. The third-order valence-electron chi connectivity index (χ3n) is 2.03. The highest BCUT2D eigenvalue weighted by molar-refractivity contribution is 6.31. The number of carbonyl (C=O) groups is 1. The van der Waals surface area contributed by atoms with E-state index in [1.807, 2.05) is 0 Å². The average molecular weight is 269 g/mol. The van der Waals surface area contributed by atoms with Crippen molar-refractivity contribution >= 4 is 23.3 Å². The number of esters is 1. The topological polar surface area (TPSA) is 82.3 Å². The van der Waals surface area contributed by atoms with Gasteiger partial charge in [-0.2, -0.15) is 0 Å². The van der Waals surface area contributed by atoms with Crippen LogP contribution in [-0.4, -0.2) is 23.0 Å². The van der Waals surface area contributed by atoms with E-state index in [0.29, 0.717) is 11.3 Å². The number of hydrogen-bond acceptors (Lipinski definition) is 5. The minimum absolute atomic E-state index is 0.0909. The van der Waals surface area contributed by atoms with Gasteiger partial charge in [-0.3, -0.25) is 14.9 Å². The highest BCUT2D eigenvalue weighted by atomic mass is 35.5. The second kappa shape index (κ2) is 5.98. The van der Waals surface area contributed by atoms with Gasteiger partial charge in [-0.05, 0) is 6.92 Å². The number of pyridine rings is 1. The predicted molar refractivity (Wildman–Crippen MR) is 64.1 cm³/mol. The summed E-state index contributed by atoms with van der Waals surface area (Å²) in [5.41, 5.74) is 0.502. The van der Waals surface area contributed by atoms with E-state index in [4.69, 9.17) is 11.6 Å². The number of rotatable bonds is 2. The van der Waals surface area contributed by atoms with Crippen molar-refractivity contribution in [2.75, 3.05) is 7.11 Å². The number of halogens is 1. The fraction of sp³-hybridized carbons (Fsp3) is 0.273. The molecule has 0 aliphatic carbocycles. The van der Waals surface area contributed by atoms with Gasteiger partial charge in [0.2, 0.25) is 5.15 Å². The zero-order valence-corrected chi connectivity index (χ0v) is 10.4. The Hall–Kier alpha value is -2.13. The van der Waals surface area contributed by atoms with Crippen LogP contribution in [0.4, 0.5) is 5.69 Å². The van der Waals surface area contributed by atoms with Gasteiger partial charge in [0.25, 0.3) is 0 Å². The summed E-state index contributed by atoms with van der Waals surface area (Å²) in [6.07, 6.45) is -0.0909. The summed E-state index contributed by atoms with van der Waals surface area (Å²) in [5.74, 6) is 4.70. The van der Waals surface area contributed by atoms with Crippen LogP contribution < -0.4 is 0 Å². The normalized spacial score (nSPS) is 9.28. The zero-order chi connectivity index (χ0) is 13.7. The van der Waals surface area contributed by atoms with Crippen LogP contribution in [0.3, 0.4) is 0 Å². The van der Waals surface area contributed by atoms with Crippen molar-refractivity contribution in [1.29, 1.82) is 0 Å². The molecule has 0 saturated carbocycles. The molecule has 0 atom stereocenters. The lowest BCUT2D eigenvalue weighted by Gasteiger charge is -1.99. The Balaban J connectivity index is 3.06. The minimum atomic E-state index is -0.639. The van der Waals surface area contributed by atoms with Gasteiger partial charge >= 0.3 is 11.7 Å². The smallest absolute Gasteiger partial charge is 0.317 e. The lowest BCUT2D eigenvalue weighted by atomic mass is 10.2. The van der Waals surface area contributed by atoms with Crippen LogP contribution in [0.15, 0.2) is 6.07 Å². The molecule has 0 amide bonds. The third-order valence-corrected chi connectivity index (χ3v) is 2.31. The predicted octanol–water partition coefficient (Wildman–Crippen LogP) is 1.87. The van der Waals surface area contributed by atoms with Crippen molar-refractivity contribution in [1.82, 2.24) is 4.98 Å². The number of ether oxygens (including phenoxy) is 1. The van der Waals surface area contributed by atoms with Crippen LogP contribution in [0.25, 0.3) is 0 Å². The Bertz CT molecular complexity index is 560. The van der Waals surface area contributed by atoms with Crippen molar-refractivity contribution < 1.29 is 14.5 Å². The number of aryl methyl sites for hydroxylation is 1. The van der Waals surface area contributed by atoms with Crippen LogP contribution in [0, 0.1) is 28.9 Å². The first-order valence-electron chi connectivity index (χ1n) is 4.83. The molecule has 7 heteroatoms. The first-order valence-corrected chi connectivity index (χ1v) is 5.20. The summed E-state index contributed by atoms with van der Waals surface area (Å²) < 4.78 is 4.41. The van der Waals surface area contributed by atoms with Gasteiger partial charge < -0.3 is 4.74 Å². The van der Waals surface area contributed by atoms with Gasteiger partial charge in [-0.15, -0.1) is 0 Å². The molecule has 94 valence electrons. The summed E-state index contributed by atoms with van der Waals surface area (Å²) in [6, 6.07) is 1.23. The summed E-state index contributed by atoms with van der Waals surface area (Å²) >= 11 is 5.63. The van der Waals surface area contributed by atoms with E-state index in [1.165, 1.54) is 13.2 Å². The van der Waals surface area contributed by atoms with Crippen molar-refractivity contribution in [2.24, 2.45) is 0 Å². The van der Waals surface area contributed by atoms with Gasteiger partial charge in [0.15, 0.2) is 0 Å². The van der Waals surface area contributed by atoms with Crippen LogP contribution in [0.5, 0.6) is 0 Å². The van der Waals surface area contributed by atoms with Gasteiger partial charge in [0, 0.05) is 6.07 Å². The molecule has 0 aliphatic rings. The highest BCUT2D eigenvalue weighted by Gasteiger charge is 2.15. The lowest BCUT2D eigenvalue weighted by Crippen LogP contribution is -1.98. The van der Waals surface area contributed by atoms with E-state index in [1.54, 1.807) is 6.92 Å². The van der Waals surface area contributed by atoms with Crippen LogP contribution in [0.1, 0.15) is 17.7 Å². The molecule has 0 radical (unpaired) electrons. The lowest BCUT2D eigenvalue weighted by molar-refractivity contribution is -0.385. The molecule has 0 aliphatic heterocycles. The van der Waals surface area contributed by atoms with Gasteiger partial charge in [-0.1, -0.05) is 23.4 Å². The second-order valence-electron chi connectivity index (χ2n) is 3.24. The standard InChI is InChI=1S/C11H9ClN2O4/c1-7-8(4-3-5-10(15)18-2)6-9(14(16)17)11(12)13-7/h6H,5H2,1-2H3. The molecule has 1 heterocycles. The maximum absolute atomic E-state index is 10.8. The molecule has 0 aromatic carbocycles. The zero-order valence-electron chi connectivity index (χ0n) is 9.69. The molecule has 0 N–H and O–H groups in total. The Morgan fingerprint density at radius 3 is 2.89 bits per heavy atom. The summed E-state index contributed by atoms with van der Waals surface area (Å²) in [4.78, 5) is 24.7. The molecule has 6 nitrogen and oxygen atoms in total. The van der Waals surface area contributed by atoms with E-state index < -0.39 is 10.9 Å². The van der Waals surface area contributed by atoms with Crippen molar-refractivity contribution in [2.45, 2.75) is 13.3 Å². The van der Waals surface area contributed by atoms with Gasteiger partial charge in [0.1, 0.15) is 6.42 Å². The molecule has 0 fully saturated rings. The summed E-state index contributed by atoms with van der Waals surface area (Å²) in [6.45, 7) is 1.62. The molecule has 18 heavy (non-hydrogen) atoms. The molecule has 1 aromatic heterocycles. The quantitative estimate of drug-likeness (QED) is 0.269. The van der Waals surface area contributed by atoms with Crippen molar-refractivity contribution in [3.8, 4) is 11.8 Å². The largest absolute Gasteiger partial charge is 0.468 e. The molecule has 0 unspecified atom stereocenters. The number of hydrogen-bond donors (Lipinski definition) is 0. The Morgan fingerprint density at radius 2 is 2.33 bits per heavy atom. The van der Waals surface area contributed by atoms with Crippen molar-refractivity contribution in [3.05, 3.63) is 32.6 Å². The van der Waals surface area contributed by atoms with E-state index in [9.17, 15) is 14.9 Å². The van der Waals surface area contributed by atoms with E-state index in [-0.39, 0.29) is 17.3 Å². The van der Waals surface area contributed by atoms with Crippen molar-refractivity contribution in [3.63, 3.8) is 0 Å². The van der Waals surface area contributed by atoms with Gasteiger partial charge in [0.05, 0.1) is 23.3 Å². The Morgan fingerprint density at radius 1 is 1.67 bits per heavy atom. The average Bonchev–Trinajstić information content (AvgIpc) is 2.31. The molecule has 1 aromatic rings. The second-order valence-corrected chi connectivity index (χ2v) is 3.60. The fourth-order valence-electron chi connectivity index (χ4n) is 1.10. The number of carbonyl (C=O) groups excluding carboxylic acids is 1. The Kier molecular flexibility index (Phi) is 4.63. The maximum Gasteiger partial charge on any atom is 0.317 e.